The normalized spacial score (nSPS) is 55.3. The summed E-state index contributed by atoms with van der Waals surface area (Å²) in [5.74, 6) is 0.997. The minimum absolute atomic E-state index is 0.0687. The molecule has 0 aromatic carbocycles. The van der Waals surface area contributed by atoms with Crippen molar-refractivity contribution in [3.05, 3.63) is 0 Å². The lowest BCUT2D eigenvalue weighted by Gasteiger charge is -2.63. The number of carbonyl (C=O) groups is 1. The van der Waals surface area contributed by atoms with Crippen LogP contribution in [0.1, 0.15) is 86.0 Å². The Morgan fingerprint density at radius 3 is 2.26 bits per heavy atom. The topological polar surface area (TPSA) is 107 Å². The van der Waals surface area contributed by atoms with Crippen LogP contribution in [-0.2, 0) is 9.53 Å². The zero-order valence-corrected chi connectivity index (χ0v) is 22.3. The van der Waals surface area contributed by atoms with Gasteiger partial charge < -0.3 is 25.2 Å². The van der Waals surface area contributed by atoms with E-state index < -0.39 is 24.6 Å². The summed E-state index contributed by atoms with van der Waals surface area (Å²) < 4.78 is 6.07. The van der Waals surface area contributed by atoms with E-state index in [1.807, 2.05) is 0 Å². The molecule has 1 aliphatic heterocycles. The Balaban J connectivity index is 1.43. The van der Waals surface area contributed by atoms with Crippen molar-refractivity contribution in [1.82, 2.24) is 0 Å². The molecule has 1 heterocycles. The SMILES string of the molecule is CC(C)C1CC(O)OC(C(C)C2CC(=O)C3C4C(CC[C@]23C)[C@@]2(C)CC[C@@H](O)CC2[C@@H](O)[C@@H]4O)C1. The Morgan fingerprint density at radius 1 is 0.886 bits per heavy atom. The Bertz CT molecular complexity index is 815. The summed E-state index contributed by atoms with van der Waals surface area (Å²) >= 11 is 0. The first-order valence-corrected chi connectivity index (χ1v) is 14.3. The quantitative estimate of drug-likeness (QED) is 0.480. The van der Waals surface area contributed by atoms with Crippen molar-refractivity contribution in [2.75, 3.05) is 0 Å². The lowest BCUT2D eigenvalue weighted by Crippen LogP contribution is -2.65. The molecule has 4 N–H and O–H groups in total. The van der Waals surface area contributed by atoms with Crippen molar-refractivity contribution in [3.8, 4) is 0 Å². The number of rotatable bonds is 3. The van der Waals surface area contributed by atoms with E-state index in [4.69, 9.17) is 4.74 Å². The van der Waals surface area contributed by atoms with Gasteiger partial charge in [-0.05, 0) is 84.9 Å². The van der Waals surface area contributed by atoms with Gasteiger partial charge in [0.05, 0.1) is 24.4 Å². The molecule has 0 amide bonds. The van der Waals surface area contributed by atoms with Gasteiger partial charge in [0.1, 0.15) is 5.78 Å². The van der Waals surface area contributed by atoms with Gasteiger partial charge in [-0.25, -0.2) is 0 Å². The van der Waals surface area contributed by atoms with Crippen LogP contribution in [0.5, 0.6) is 0 Å². The molecule has 4 saturated carbocycles. The smallest absolute Gasteiger partial charge is 0.155 e. The molecule has 4 aliphatic carbocycles. The first-order valence-electron chi connectivity index (χ1n) is 14.3. The highest BCUT2D eigenvalue weighted by atomic mass is 16.6. The molecular formula is C29H48O6. The summed E-state index contributed by atoms with van der Waals surface area (Å²) in [7, 11) is 0. The number of aliphatic hydroxyl groups is 4. The summed E-state index contributed by atoms with van der Waals surface area (Å²) in [6.07, 6.45) is 3.02. The highest BCUT2D eigenvalue weighted by Crippen LogP contribution is 2.67. The highest BCUT2D eigenvalue weighted by molar-refractivity contribution is 5.85. The van der Waals surface area contributed by atoms with Gasteiger partial charge in [-0.2, -0.15) is 0 Å². The van der Waals surface area contributed by atoms with Gasteiger partial charge in [0, 0.05) is 24.7 Å². The zero-order valence-electron chi connectivity index (χ0n) is 22.3. The van der Waals surface area contributed by atoms with Gasteiger partial charge in [0.15, 0.2) is 6.29 Å². The fourth-order valence-electron chi connectivity index (χ4n) is 9.96. The molecule has 14 atom stereocenters. The summed E-state index contributed by atoms with van der Waals surface area (Å²) in [6.45, 7) is 11.1. The molecule has 6 heteroatoms. The highest BCUT2D eigenvalue weighted by Gasteiger charge is 2.67. The van der Waals surface area contributed by atoms with Gasteiger partial charge >= 0.3 is 0 Å². The van der Waals surface area contributed by atoms with Crippen LogP contribution < -0.4 is 0 Å². The van der Waals surface area contributed by atoms with Gasteiger partial charge in [0.25, 0.3) is 0 Å². The molecule has 0 aromatic rings. The van der Waals surface area contributed by atoms with E-state index in [0.717, 1.165) is 32.1 Å². The van der Waals surface area contributed by atoms with E-state index in [2.05, 4.69) is 34.6 Å². The van der Waals surface area contributed by atoms with Crippen LogP contribution in [0.2, 0.25) is 0 Å². The number of ether oxygens (including phenoxy) is 1. The molecule has 5 aliphatic rings. The molecule has 0 bridgehead atoms. The van der Waals surface area contributed by atoms with E-state index in [0.29, 0.717) is 31.1 Å². The molecule has 0 aromatic heterocycles. The van der Waals surface area contributed by atoms with Crippen LogP contribution in [0.15, 0.2) is 0 Å². The Hall–Kier alpha value is -0.530. The van der Waals surface area contributed by atoms with Crippen LogP contribution in [0, 0.1) is 58.2 Å². The van der Waals surface area contributed by atoms with Crippen LogP contribution in [0.25, 0.3) is 0 Å². The van der Waals surface area contributed by atoms with Crippen molar-refractivity contribution in [2.24, 2.45) is 58.2 Å². The van der Waals surface area contributed by atoms with Gasteiger partial charge in [-0.15, -0.1) is 0 Å². The molecule has 200 valence electrons. The van der Waals surface area contributed by atoms with Crippen LogP contribution in [0.4, 0.5) is 0 Å². The van der Waals surface area contributed by atoms with Crippen LogP contribution >= 0.6 is 0 Å². The van der Waals surface area contributed by atoms with E-state index in [9.17, 15) is 25.2 Å². The molecule has 0 radical (unpaired) electrons. The predicted molar refractivity (Wildman–Crippen MR) is 132 cm³/mol. The fourth-order valence-corrected chi connectivity index (χ4v) is 9.96. The van der Waals surface area contributed by atoms with Crippen molar-refractivity contribution in [1.29, 1.82) is 0 Å². The maximum atomic E-state index is 13.7. The summed E-state index contributed by atoms with van der Waals surface area (Å²) in [6, 6.07) is 0. The van der Waals surface area contributed by atoms with Crippen LogP contribution in [-0.4, -0.2) is 56.9 Å². The van der Waals surface area contributed by atoms with E-state index in [1.54, 1.807) is 0 Å². The second-order valence-electron chi connectivity index (χ2n) is 14.0. The minimum Gasteiger partial charge on any atom is -0.393 e. The zero-order chi connectivity index (χ0) is 25.4. The van der Waals surface area contributed by atoms with Crippen molar-refractivity contribution in [3.63, 3.8) is 0 Å². The van der Waals surface area contributed by atoms with E-state index >= 15 is 0 Å². The van der Waals surface area contributed by atoms with Crippen molar-refractivity contribution < 1.29 is 30.0 Å². The van der Waals surface area contributed by atoms with Crippen molar-refractivity contribution >= 4 is 5.78 Å². The number of hydrogen-bond acceptors (Lipinski definition) is 6. The standard InChI is InChI=1S/C29H48O6/c1-14(2)16-10-22(35-23(32)11-16)15(3)19-13-21(31)25-24-18(7-9-29(19,25)5)28(4)8-6-17(30)12-20(28)26(33)27(24)34/h14-20,22-27,30,32-34H,6-13H2,1-5H3/t15?,16?,17-,18?,19?,20?,22?,23?,24?,25?,26-,27-,28-,29-/m1/s1. The van der Waals surface area contributed by atoms with Gasteiger partial charge in [-0.3, -0.25) is 4.79 Å². The molecule has 0 spiro atoms. The molecule has 5 fully saturated rings. The first kappa shape index (κ1) is 26.1. The lowest BCUT2D eigenvalue weighted by molar-refractivity contribution is -0.227. The molecule has 9 unspecified atom stereocenters. The Morgan fingerprint density at radius 2 is 1.57 bits per heavy atom. The number of hydrogen-bond donors (Lipinski definition) is 4. The second kappa shape index (κ2) is 9.04. The first-order chi connectivity index (χ1) is 16.4. The predicted octanol–water partition coefficient (Wildman–Crippen LogP) is 3.53. The van der Waals surface area contributed by atoms with Gasteiger partial charge in [-0.1, -0.05) is 34.6 Å². The maximum absolute atomic E-state index is 13.7. The summed E-state index contributed by atoms with van der Waals surface area (Å²) in [5.41, 5.74) is -0.399. The van der Waals surface area contributed by atoms with Crippen molar-refractivity contribution in [2.45, 2.75) is 117 Å². The monoisotopic (exact) mass is 492 g/mol. The molecule has 1 saturated heterocycles. The van der Waals surface area contributed by atoms with E-state index in [-0.39, 0.29) is 58.2 Å². The molecule has 5 rings (SSSR count). The minimum atomic E-state index is -0.927. The fraction of sp³-hybridized carbons (Fsp3) is 0.966. The van der Waals surface area contributed by atoms with Gasteiger partial charge in [0.2, 0.25) is 0 Å². The van der Waals surface area contributed by atoms with E-state index in [1.165, 1.54) is 0 Å². The molecule has 35 heavy (non-hydrogen) atoms. The third-order valence-electron chi connectivity index (χ3n) is 12.1. The molecule has 6 nitrogen and oxygen atoms in total. The number of ketones is 1. The maximum Gasteiger partial charge on any atom is 0.155 e. The third kappa shape index (κ3) is 3.96. The summed E-state index contributed by atoms with van der Waals surface area (Å²) in [5, 5.41) is 43.5. The largest absolute Gasteiger partial charge is 0.393 e. The Kier molecular flexibility index (Phi) is 6.74. The second-order valence-corrected chi connectivity index (χ2v) is 14.0. The Labute approximate surface area is 210 Å². The third-order valence-corrected chi connectivity index (χ3v) is 12.1. The molecular weight excluding hydrogens is 444 g/mol. The lowest BCUT2D eigenvalue weighted by atomic mass is 9.43. The number of Topliss-reactive ketones (excluding diaryl/α,β-unsaturated/α-hetero) is 1. The number of aliphatic hydroxyl groups excluding tert-OH is 4. The average Bonchev–Trinajstić information content (AvgIpc) is 3.08. The average molecular weight is 493 g/mol. The number of fused-ring (bicyclic) bond motifs is 5. The van der Waals surface area contributed by atoms with Crippen LogP contribution in [0.3, 0.4) is 0 Å². The number of carbonyl (C=O) groups excluding carboxylic acids is 1. The summed E-state index contributed by atoms with van der Waals surface area (Å²) in [4.78, 5) is 13.7.